The average Bonchev–Trinajstić information content (AvgIpc) is 2.53. The maximum absolute atomic E-state index is 10.7. The second kappa shape index (κ2) is 2.78. The number of aromatic hydroxyl groups is 1. The van der Waals surface area contributed by atoms with Crippen LogP contribution in [0.3, 0.4) is 0 Å². The van der Waals surface area contributed by atoms with Crippen molar-refractivity contribution < 1.29 is 5.11 Å². The summed E-state index contributed by atoms with van der Waals surface area (Å²) in [5.74, 6) is 0.645. The van der Waals surface area contributed by atoms with Crippen molar-refractivity contribution in [2.45, 2.75) is 0 Å². The third kappa shape index (κ3) is 1.44. The molecule has 0 unspecified atom stereocenters. The highest BCUT2D eigenvalue weighted by Gasteiger charge is 2.00. The van der Waals surface area contributed by atoms with E-state index in [1.165, 1.54) is 12.1 Å². The van der Waals surface area contributed by atoms with Crippen LogP contribution >= 0.6 is 0 Å². The predicted octanol–water partition coefficient (Wildman–Crippen LogP) is 0.471. The fourth-order valence-electron chi connectivity index (χ4n) is 1.03. The zero-order valence-electron chi connectivity index (χ0n) is 6.61. The number of nitrogens with zero attached hydrogens (tertiary/aromatic N) is 1. The molecule has 0 aliphatic heterocycles. The second-order valence-corrected chi connectivity index (χ2v) is 2.57. The molecule has 5 nitrogen and oxygen atoms in total. The van der Waals surface area contributed by atoms with Gasteiger partial charge in [-0.15, -0.1) is 0 Å². The highest BCUT2D eigenvalue weighted by molar-refractivity contribution is 5.55. The van der Waals surface area contributed by atoms with Crippen molar-refractivity contribution in [2.75, 3.05) is 0 Å². The first kappa shape index (κ1) is 7.60. The Bertz CT molecular complexity index is 455. The fourth-order valence-corrected chi connectivity index (χ4v) is 1.03. The monoisotopic (exact) mass is 177 g/mol. The lowest BCUT2D eigenvalue weighted by Gasteiger charge is -1.94. The van der Waals surface area contributed by atoms with Gasteiger partial charge in [0.05, 0.1) is 0 Å². The minimum absolute atomic E-state index is 0.182. The average molecular weight is 177 g/mol. The van der Waals surface area contributed by atoms with Crippen LogP contribution in [0.25, 0.3) is 11.4 Å². The van der Waals surface area contributed by atoms with Crippen LogP contribution in [0.2, 0.25) is 0 Å². The molecule has 3 N–H and O–H groups in total. The van der Waals surface area contributed by atoms with Gasteiger partial charge in [0.25, 0.3) is 0 Å². The molecule has 2 rings (SSSR count). The third-order valence-corrected chi connectivity index (χ3v) is 1.64. The highest BCUT2D eigenvalue weighted by atomic mass is 16.3. The van der Waals surface area contributed by atoms with Gasteiger partial charge in [0, 0.05) is 5.56 Å². The molecule has 0 saturated carbocycles. The maximum Gasteiger partial charge on any atom is 0.340 e. The summed E-state index contributed by atoms with van der Waals surface area (Å²) in [5, 5.41) is 15.0. The Labute approximate surface area is 73.1 Å². The molecule has 2 aromatic rings. The fraction of sp³-hybridized carbons (Fsp3) is 0. The van der Waals surface area contributed by atoms with Crippen molar-refractivity contribution in [3.05, 3.63) is 34.7 Å². The van der Waals surface area contributed by atoms with Crippen molar-refractivity contribution in [3.8, 4) is 17.1 Å². The molecule has 0 bridgehead atoms. The molecular weight excluding hydrogens is 170 g/mol. The molecule has 0 spiro atoms. The van der Waals surface area contributed by atoms with E-state index in [2.05, 4.69) is 15.2 Å². The van der Waals surface area contributed by atoms with Crippen LogP contribution in [-0.4, -0.2) is 20.3 Å². The second-order valence-electron chi connectivity index (χ2n) is 2.57. The topological polar surface area (TPSA) is 81.8 Å². The van der Waals surface area contributed by atoms with E-state index in [4.69, 9.17) is 5.11 Å². The molecule has 0 fully saturated rings. The van der Waals surface area contributed by atoms with Gasteiger partial charge < -0.3 is 5.11 Å². The van der Waals surface area contributed by atoms with Crippen molar-refractivity contribution in [3.63, 3.8) is 0 Å². The van der Waals surface area contributed by atoms with E-state index in [0.717, 1.165) is 5.56 Å². The summed E-state index contributed by atoms with van der Waals surface area (Å²) in [6.07, 6.45) is 0. The van der Waals surface area contributed by atoms with Crippen LogP contribution in [0.1, 0.15) is 0 Å². The molecule has 1 aromatic carbocycles. The summed E-state index contributed by atoms with van der Waals surface area (Å²) >= 11 is 0. The first-order chi connectivity index (χ1) is 6.25. The Balaban J connectivity index is 2.47. The number of aromatic amines is 2. The van der Waals surface area contributed by atoms with E-state index in [0.29, 0.717) is 5.82 Å². The number of hydrogen-bond donors (Lipinski definition) is 3. The van der Waals surface area contributed by atoms with Gasteiger partial charge in [-0.2, -0.15) is 5.10 Å². The lowest BCUT2D eigenvalue weighted by molar-refractivity contribution is 0.475. The number of benzene rings is 1. The molecule has 0 saturated heterocycles. The van der Waals surface area contributed by atoms with Gasteiger partial charge in [-0.05, 0) is 24.3 Å². The van der Waals surface area contributed by atoms with Crippen LogP contribution in [-0.2, 0) is 0 Å². The van der Waals surface area contributed by atoms with E-state index in [-0.39, 0.29) is 11.4 Å². The van der Waals surface area contributed by atoms with Gasteiger partial charge >= 0.3 is 5.69 Å². The predicted molar refractivity (Wildman–Crippen MR) is 46.3 cm³/mol. The first-order valence-corrected chi connectivity index (χ1v) is 3.70. The molecule has 0 radical (unpaired) electrons. The number of nitrogens with one attached hydrogen (secondary N) is 2. The van der Waals surface area contributed by atoms with Crippen LogP contribution in [0, 0.1) is 0 Å². The molecule has 66 valence electrons. The normalized spacial score (nSPS) is 10.2. The van der Waals surface area contributed by atoms with Crippen LogP contribution in [0.4, 0.5) is 0 Å². The lowest BCUT2D eigenvalue weighted by Crippen LogP contribution is -2.00. The summed E-state index contributed by atoms with van der Waals surface area (Å²) < 4.78 is 0. The number of aromatic nitrogens is 3. The SMILES string of the molecule is O=c1[nH]nc(-c2ccc(O)cc2)[nH]1. The molecule has 13 heavy (non-hydrogen) atoms. The standard InChI is InChI=1S/C8H7N3O2/c12-6-3-1-5(2-4-6)7-9-8(13)11-10-7/h1-4,12H,(H2,9,10,11,13). The molecule has 1 heterocycles. The summed E-state index contributed by atoms with van der Waals surface area (Å²) in [4.78, 5) is 13.2. The van der Waals surface area contributed by atoms with E-state index < -0.39 is 0 Å². The minimum Gasteiger partial charge on any atom is -0.508 e. The Kier molecular flexibility index (Phi) is 1.63. The Hall–Kier alpha value is -2.04. The van der Waals surface area contributed by atoms with Crippen molar-refractivity contribution in [1.29, 1.82) is 0 Å². The summed E-state index contributed by atoms with van der Waals surface area (Å²) in [6.45, 7) is 0. The Morgan fingerprint density at radius 1 is 1.23 bits per heavy atom. The van der Waals surface area contributed by atoms with Gasteiger partial charge in [0.2, 0.25) is 0 Å². The molecule has 0 amide bonds. The molecule has 0 aliphatic rings. The summed E-state index contributed by atoms with van der Waals surface area (Å²) in [6, 6.07) is 6.40. The molecular formula is C8H7N3O2. The van der Waals surface area contributed by atoms with Crippen molar-refractivity contribution >= 4 is 0 Å². The lowest BCUT2D eigenvalue weighted by atomic mass is 10.2. The zero-order chi connectivity index (χ0) is 9.26. The van der Waals surface area contributed by atoms with Gasteiger partial charge in [-0.3, -0.25) is 4.98 Å². The Morgan fingerprint density at radius 3 is 2.46 bits per heavy atom. The molecule has 0 atom stereocenters. The van der Waals surface area contributed by atoms with Crippen molar-refractivity contribution in [2.24, 2.45) is 0 Å². The summed E-state index contributed by atoms with van der Waals surface area (Å²) in [5.41, 5.74) is 0.402. The Morgan fingerprint density at radius 2 is 1.92 bits per heavy atom. The quantitative estimate of drug-likeness (QED) is 0.592. The van der Waals surface area contributed by atoms with Gasteiger partial charge in [-0.25, -0.2) is 9.89 Å². The highest BCUT2D eigenvalue weighted by Crippen LogP contribution is 2.16. The largest absolute Gasteiger partial charge is 0.508 e. The third-order valence-electron chi connectivity index (χ3n) is 1.64. The molecule has 1 aromatic heterocycles. The first-order valence-electron chi connectivity index (χ1n) is 3.70. The van der Waals surface area contributed by atoms with Crippen LogP contribution in [0.5, 0.6) is 5.75 Å². The number of rotatable bonds is 1. The van der Waals surface area contributed by atoms with E-state index in [1.807, 2.05) is 0 Å². The van der Waals surface area contributed by atoms with Crippen LogP contribution < -0.4 is 5.69 Å². The molecule has 0 aliphatic carbocycles. The summed E-state index contributed by atoms with van der Waals surface area (Å²) in [7, 11) is 0. The van der Waals surface area contributed by atoms with Crippen LogP contribution in [0.15, 0.2) is 29.1 Å². The van der Waals surface area contributed by atoms with Gasteiger partial charge in [0.15, 0.2) is 5.82 Å². The van der Waals surface area contributed by atoms with Gasteiger partial charge in [-0.1, -0.05) is 0 Å². The maximum atomic E-state index is 10.7. The molecule has 5 heteroatoms. The van der Waals surface area contributed by atoms with E-state index in [1.54, 1.807) is 12.1 Å². The zero-order valence-corrected chi connectivity index (χ0v) is 6.61. The van der Waals surface area contributed by atoms with E-state index >= 15 is 0 Å². The number of H-pyrrole nitrogens is 2. The minimum atomic E-state index is -0.344. The van der Waals surface area contributed by atoms with E-state index in [9.17, 15) is 4.79 Å². The number of phenolic OH excluding ortho intramolecular Hbond substituents is 1. The smallest absolute Gasteiger partial charge is 0.340 e. The number of phenols is 1. The van der Waals surface area contributed by atoms with Gasteiger partial charge in [0.1, 0.15) is 5.75 Å². The van der Waals surface area contributed by atoms with Crippen molar-refractivity contribution in [1.82, 2.24) is 15.2 Å². The number of hydrogen-bond acceptors (Lipinski definition) is 3.